The van der Waals surface area contributed by atoms with Gasteiger partial charge in [0.25, 0.3) is 11.9 Å². The van der Waals surface area contributed by atoms with Crippen molar-refractivity contribution in [1.82, 2.24) is 9.80 Å². The van der Waals surface area contributed by atoms with Crippen LogP contribution in [0.2, 0.25) is 0 Å². The third kappa shape index (κ3) is 3.79. The number of nitrogens with zero attached hydrogens (tertiary/aromatic N) is 4. The zero-order valence-electron chi connectivity index (χ0n) is 14.5. The Bertz CT molecular complexity index is 713. The molecule has 2 aliphatic rings. The molecule has 1 aromatic carbocycles. The van der Waals surface area contributed by atoms with E-state index in [0.29, 0.717) is 44.3 Å². The first-order valence-electron chi connectivity index (χ1n) is 8.40. The molecule has 1 amide bonds. The van der Waals surface area contributed by atoms with Crippen LogP contribution in [0.4, 0.5) is 0 Å². The minimum Gasteiger partial charge on any atom is -0.381 e. The van der Waals surface area contributed by atoms with Gasteiger partial charge in [-0.2, -0.15) is 0 Å². The molecule has 0 N–H and O–H groups in total. The lowest BCUT2D eigenvalue weighted by atomic mass is 10.1. The van der Waals surface area contributed by atoms with E-state index in [-0.39, 0.29) is 11.9 Å². The van der Waals surface area contributed by atoms with Gasteiger partial charge in [0.05, 0.1) is 6.61 Å². The Morgan fingerprint density at radius 1 is 1.36 bits per heavy atom. The summed E-state index contributed by atoms with van der Waals surface area (Å²) in [6, 6.07) is 5.45. The van der Waals surface area contributed by atoms with E-state index in [9.17, 15) is 14.9 Å². The average molecular weight is 346 g/mol. The van der Waals surface area contributed by atoms with Crippen molar-refractivity contribution in [2.45, 2.75) is 20.3 Å². The summed E-state index contributed by atoms with van der Waals surface area (Å²) in [6.45, 7) is 6.83. The van der Waals surface area contributed by atoms with Gasteiger partial charge in [-0.3, -0.25) is 9.69 Å². The molecule has 1 atom stereocenters. The monoisotopic (exact) mass is 346 g/mol. The number of ether oxygens (including phenoxy) is 1. The number of benzene rings is 1. The summed E-state index contributed by atoms with van der Waals surface area (Å²) in [5, 5.41) is 13.7. The lowest BCUT2D eigenvalue weighted by Gasteiger charge is -2.22. The Kier molecular flexibility index (Phi) is 4.98. The SMILES string of the molecule is Cc1ccc(C(=O)N2CCN(CC3CCOC3)C2=N[N+](=O)[O-])cc1C. The third-order valence-electron chi connectivity index (χ3n) is 4.79. The predicted octanol–water partition coefficient (Wildman–Crippen LogP) is 1.65. The second-order valence-corrected chi connectivity index (χ2v) is 6.57. The van der Waals surface area contributed by atoms with Crippen molar-refractivity contribution < 1.29 is 14.6 Å². The number of hydrogen-bond donors (Lipinski definition) is 0. The van der Waals surface area contributed by atoms with Crippen molar-refractivity contribution in [3.05, 3.63) is 45.0 Å². The molecule has 0 aliphatic carbocycles. The van der Waals surface area contributed by atoms with E-state index in [1.165, 1.54) is 4.90 Å². The van der Waals surface area contributed by atoms with Gasteiger partial charge in [0, 0.05) is 37.7 Å². The molecule has 0 aromatic heterocycles. The second kappa shape index (κ2) is 7.18. The first-order chi connectivity index (χ1) is 12.0. The molecular weight excluding hydrogens is 324 g/mol. The highest BCUT2D eigenvalue weighted by molar-refractivity contribution is 6.06. The fourth-order valence-electron chi connectivity index (χ4n) is 3.22. The molecule has 134 valence electrons. The zero-order valence-corrected chi connectivity index (χ0v) is 14.5. The largest absolute Gasteiger partial charge is 0.381 e. The summed E-state index contributed by atoms with van der Waals surface area (Å²) < 4.78 is 5.37. The molecule has 1 unspecified atom stereocenters. The Hall–Kier alpha value is -2.48. The highest BCUT2D eigenvalue weighted by atomic mass is 16.7. The minimum atomic E-state index is -0.737. The third-order valence-corrected chi connectivity index (χ3v) is 4.79. The van der Waals surface area contributed by atoms with Crippen LogP contribution in [-0.4, -0.2) is 59.5 Å². The van der Waals surface area contributed by atoms with Gasteiger partial charge in [-0.05, 0) is 43.5 Å². The van der Waals surface area contributed by atoms with Gasteiger partial charge in [0.2, 0.25) is 0 Å². The molecule has 2 aliphatic heterocycles. The van der Waals surface area contributed by atoms with Crippen molar-refractivity contribution in [1.29, 1.82) is 0 Å². The minimum absolute atomic E-state index is 0.125. The van der Waals surface area contributed by atoms with Crippen molar-refractivity contribution in [2.24, 2.45) is 11.0 Å². The number of aryl methyl sites for hydroxylation is 2. The van der Waals surface area contributed by atoms with E-state index in [1.54, 1.807) is 6.07 Å². The summed E-state index contributed by atoms with van der Waals surface area (Å²) in [7, 11) is 0. The van der Waals surface area contributed by atoms with E-state index in [0.717, 1.165) is 17.5 Å². The Morgan fingerprint density at radius 3 is 2.80 bits per heavy atom. The van der Waals surface area contributed by atoms with Crippen molar-refractivity contribution in [2.75, 3.05) is 32.8 Å². The van der Waals surface area contributed by atoms with E-state index < -0.39 is 5.03 Å². The smallest absolute Gasteiger partial charge is 0.281 e. The highest BCUT2D eigenvalue weighted by Crippen LogP contribution is 2.20. The Balaban J connectivity index is 1.82. The molecule has 8 nitrogen and oxygen atoms in total. The van der Waals surface area contributed by atoms with Crippen LogP contribution in [0.25, 0.3) is 0 Å². The van der Waals surface area contributed by atoms with E-state index in [1.807, 2.05) is 30.9 Å². The summed E-state index contributed by atoms with van der Waals surface area (Å²) in [4.78, 5) is 27.1. The molecule has 1 aromatic rings. The highest BCUT2D eigenvalue weighted by Gasteiger charge is 2.36. The molecule has 8 heteroatoms. The molecule has 0 radical (unpaired) electrons. The van der Waals surface area contributed by atoms with Crippen LogP contribution >= 0.6 is 0 Å². The molecule has 2 saturated heterocycles. The number of carbonyl (C=O) groups is 1. The standard InChI is InChI=1S/C17H22N4O4/c1-12-3-4-15(9-13(12)2)16(22)20-7-6-19(17(20)18-21(23)24)10-14-5-8-25-11-14/h3-4,9,14H,5-8,10-11H2,1-2H3. The van der Waals surface area contributed by atoms with Gasteiger partial charge in [0.15, 0.2) is 5.03 Å². The van der Waals surface area contributed by atoms with Gasteiger partial charge >= 0.3 is 0 Å². The summed E-state index contributed by atoms with van der Waals surface area (Å²) >= 11 is 0. The lowest BCUT2D eigenvalue weighted by molar-refractivity contribution is -0.486. The van der Waals surface area contributed by atoms with E-state index in [2.05, 4.69) is 5.10 Å². The fourth-order valence-corrected chi connectivity index (χ4v) is 3.22. The van der Waals surface area contributed by atoms with Crippen molar-refractivity contribution in [3.63, 3.8) is 0 Å². The van der Waals surface area contributed by atoms with E-state index in [4.69, 9.17) is 4.74 Å². The molecule has 2 fully saturated rings. The Morgan fingerprint density at radius 2 is 2.16 bits per heavy atom. The number of hydrogen-bond acceptors (Lipinski definition) is 4. The predicted molar refractivity (Wildman–Crippen MR) is 91.9 cm³/mol. The van der Waals surface area contributed by atoms with E-state index >= 15 is 0 Å². The van der Waals surface area contributed by atoms with Crippen LogP contribution in [-0.2, 0) is 4.74 Å². The summed E-state index contributed by atoms with van der Waals surface area (Å²) in [6.07, 6.45) is 0.924. The topological polar surface area (TPSA) is 88.3 Å². The normalized spacial score (nSPS) is 22.0. The number of carbonyl (C=O) groups excluding carboxylic acids is 1. The number of rotatable bonds is 4. The lowest BCUT2D eigenvalue weighted by Crippen LogP contribution is -2.40. The average Bonchev–Trinajstić information content (AvgIpc) is 3.20. The van der Waals surface area contributed by atoms with Crippen LogP contribution in [0.3, 0.4) is 0 Å². The van der Waals surface area contributed by atoms with Crippen LogP contribution in [0.15, 0.2) is 23.3 Å². The van der Waals surface area contributed by atoms with Crippen molar-refractivity contribution >= 4 is 11.9 Å². The molecule has 0 saturated carbocycles. The first-order valence-corrected chi connectivity index (χ1v) is 8.40. The maximum absolute atomic E-state index is 12.9. The molecular formula is C17H22N4O4. The van der Waals surface area contributed by atoms with Crippen LogP contribution in [0.5, 0.6) is 0 Å². The molecule has 3 rings (SSSR count). The molecule has 0 bridgehead atoms. The summed E-state index contributed by atoms with van der Waals surface area (Å²) in [5.74, 6) is 0.183. The van der Waals surface area contributed by atoms with Gasteiger partial charge < -0.3 is 9.64 Å². The van der Waals surface area contributed by atoms with Crippen molar-refractivity contribution in [3.8, 4) is 0 Å². The number of nitro groups is 1. The zero-order chi connectivity index (χ0) is 18.0. The fraction of sp³-hybridized carbons (Fsp3) is 0.529. The maximum Gasteiger partial charge on any atom is 0.281 e. The number of amides is 1. The summed E-state index contributed by atoms with van der Waals surface area (Å²) in [5.41, 5.74) is 2.63. The van der Waals surface area contributed by atoms with Crippen LogP contribution < -0.4 is 0 Å². The second-order valence-electron chi connectivity index (χ2n) is 6.57. The molecule has 0 spiro atoms. The quantitative estimate of drug-likeness (QED) is 0.611. The number of guanidine groups is 1. The first kappa shape index (κ1) is 17.3. The van der Waals surface area contributed by atoms with Gasteiger partial charge in [-0.1, -0.05) is 6.07 Å². The maximum atomic E-state index is 12.9. The molecule has 25 heavy (non-hydrogen) atoms. The van der Waals surface area contributed by atoms with Crippen LogP contribution in [0, 0.1) is 29.9 Å². The van der Waals surface area contributed by atoms with Gasteiger partial charge in [-0.15, -0.1) is 0 Å². The van der Waals surface area contributed by atoms with Gasteiger partial charge in [0.1, 0.15) is 5.10 Å². The molecule has 2 heterocycles. The number of hydrazone groups is 1. The van der Waals surface area contributed by atoms with Gasteiger partial charge in [-0.25, -0.2) is 10.1 Å². The Labute approximate surface area is 146 Å². The van der Waals surface area contributed by atoms with Crippen LogP contribution in [0.1, 0.15) is 27.9 Å².